The quantitative estimate of drug-likeness (QED) is 0.830. The van der Waals surface area contributed by atoms with Gasteiger partial charge in [0.1, 0.15) is 17.1 Å². The summed E-state index contributed by atoms with van der Waals surface area (Å²) in [6.07, 6.45) is 0.192. The molecule has 24 heavy (non-hydrogen) atoms. The van der Waals surface area contributed by atoms with E-state index >= 15 is 0 Å². The van der Waals surface area contributed by atoms with E-state index in [4.69, 9.17) is 9.84 Å². The fourth-order valence-electron chi connectivity index (χ4n) is 2.16. The number of phenols is 1. The Hall–Kier alpha value is -2.54. The number of rotatable bonds is 6. The van der Waals surface area contributed by atoms with E-state index in [-0.39, 0.29) is 22.6 Å². The lowest BCUT2D eigenvalue weighted by Crippen LogP contribution is -2.27. The lowest BCUT2D eigenvalue weighted by atomic mass is 10.2. The second-order valence-electron chi connectivity index (χ2n) is 5.30. The van der Waals surface area contributed by atoms with E-state index in [2.05, 4.69) is 0 Å². The summed E-state index contributed by atoms with van der Waals surface area (Å²) in [5, 5.41) is 18.6. The molecule has 1 unspecified atom stereocenters. The van der Waals surface area contributed by atoms with Gasteiger partial charge in [0.2, 0.25) is 15.3 Å². The average Bonchev–Trinajstić information content (AvgIpc) is 2.52. The highest BCUT2D eigenvalue weighted by molar-refractivity contribution is 7.92. The zero-order chi connectivity index (χ0) is 17.9. The SMILES string of the molecule is CCC(Oc1ccc(C(=O)O)c(O)c1)S(=O)(=O)c1ccc(C)cc1. The number of carboxylic acids is 1. The van der Waals surface area contributed by atoms with Crippen LogP contribution in [0.1, 0.15) is 29.3 Å². The monoisotopic (exact) mass is 350 g/mol. The molecule has 0 radical (unpaired) electrons. The molecule has 0 aromatic heterocycles. The Kier molecular flexibility index (Phi) is 5.14. The zero-order valence-corrected chi connectivity index (χ0v) is 14.1. The maximum atomic E-state index is 12.7. The van der Waals surface area contributed by atoms with Crippen LogP contribution in [0.2, 0.25) is 0 Å². The van der Waals surface area contributed by atoms with Gasteiger partial charge in [-0.15, -0.1) is 0 Å². The van der Waals surface area contributed by atoms with Gasteiger partial charge in [0, 0.05) is 6.07 Å². The molecule has 0 spiro atoms. The zero-order valence-electron chi connectivity index (χ0n) is 13.3. The van der Waals surface area contributed by atoms with Gasteiger partial charge in [-0.25, -0.2) is 13.2 Å². The van der Waals surface area contributed by atoms with Gasteiger partial charge in [0.15, 0.2) is 0 Å². The van der Waals surface area contributed by atoms with Crippen molar-refractivity contribution in [2.45, 2.75) is 30.6 Å². The Morgan fingerprint density at radius 3 is 2.29 bits per heavy atom. The predicted octanol–water partition coefficient (Wildman–Crippen LogP) is 2.99. The number of hydrogen-bond acceptors (Lipinski definition) is 5. The van der Waals surface area contributed by atoms with Gasteiger partial charge in [0.25, 0.3) is 0 Å². The fourth-order valence-corrected chi connectivity index (χ4v) is 3.66. The lowest BCUT2D eigenvalue weighted by molar-refractivity contribution is 0.0693. The van der Waals surface area contributed by atoms with Crippen LogP contribution in [0.3, 0.4) is 0 Å². The van der Waals surface area contributed by atoms with E-state index in [0.29, 0.717) is 0 Å². The molecular weight excluding hydrogens is 332 g/mol. The molecule has 0 amide bonds. The van der Waals surface area contributed by atoms with Crippen LogP contribution in [0.25, 0.3) is 0 Å². The summed E-state index contributed by atoms with van der Waals surface area (Å²) in [4.78, 5) is 11.0. The first-order valence-corrected chi connectivity index (χ1v) is 8.84. The van der Waals surface area contributed by atoms with Crippen LogP contribution in [0.15, 0.2) is 47.4 Å². The van der Waals surface area contributed by atoms with Gasteiger partial charge in [-0.2, -0.15) is 0 Å². The predicted molar refractivity (Wildman–Crippen MR) is 88.1 cm³/mol. The molecule has 2 aromatic carbocycles. The highest BCUT2D eigenvalue weighted by Crippen LogP contribution is 2.27. The minimum Gasteiger partial charge on any atom is -0.507 e. The third-order valence-electron chi connectivity index (χ3n) is 3.50. The number of carbonyl (C=O) groups is 1. The first-order valence-electron chi connectivity index (χ1n) is 7.29. The van der Waals surface area contributed by atoms with Crippen molar-refractivity contribution in [3.8, 4) is 11.5 Å². The Bertz CT molecular complexity index is 840. The van der Waals surface area contributed by atoms with E-state index in [9.17, 15) is 18.3 Å². The summed E-state index contributed by atoms with van der Waals surface area (Å²) in [6.45, 7) is 3.53. The second kappa shape index (κ2) is 6.92. The van der Waals surface area contributed by atoms with Crippen molar-refractivity contribution in [1.82, 2.24) is 0 Å². The Morgan fingerprint density at radius 1 is 1.17 bits per heavy atom. The first kappa shape index (κ1) is 17.8. The molecule has 0 fully saturated rings. The molecule has 2 N–H and O–H groups in total. The van der Waals surface area contributed by atoms with Crippen LogP contribution in [-0.2, 0) is 9.84 Å². The van der Waals surface area contributed by atoms with Crippen LogP contribution in [0.5, 0.6) is 11.5 Å². The maximum Gasteiger partial charge on any atom is 0.339 e. The normalized spacial score (nSPS) is 12.6. The molecule has 0 aliphatic heterocycles. The molecule has 0 saturated carbocycles. The van der Waals surface area contributed by atoms with Crippen molar-refractivity contribution in [2.75, 3.05) is 0 Å². The summed E-state index contributed by atoms with van der Waals surface area (Å²) in [6, 6.07) is 10.0. The lowest BCUT2D eigenvalue weighted by Gasteiger charge is -2.18. The van der Waals surface area contributed by atoms with E-state index in [0.717, 1.165) is 17.7 Å². The molecule has 0 heterocycles. The van der Waals surface area contributed by atoms with Crippen LogP contribution in [-0.4, -0.2) is 30.0 Å². The Labute approximate surface area is 140 Å². The second-order valence-corrected chi connectivity index (χ2v) is 7.39. The highest BCUT2D eigenvalue weighted by atomic mass is 32.2. The molecule has 0 bridgehead atoms. The summed E-state index contributed by atoms with van der Waals surface area (Å²) < 4.78 is 30.8. The van der Waals surface area contributed by atoms with Crippen LogP contribution >= 0.6 is 0 Å². The van der Waals surface area contributed by atoms with Crippen molar-refractivity contribution in [2.24, 2.45) is 0 Å². The molecule has 1 atom stereocenters. The van der Waals surface area contributed by atoms with Crippen molar-refractivity contribution < 1.29 is 28.2 Å². The van der Waals surface area contributed by atoms with Gasteiger partial charge in [-0.1, -0.05) is 24.6 Å². The van der Waals surface area contributed by atoms with Crippen LogP contribution in [0.4, 0.5) is 0 Å². The molecule has 128 valence electrons. The summed E-state index contributed by atoms with van der Waals surface area (Å²) in [5.41, 5.74) is -0.482. The number of carboxylic acid groups (broad SMARTS) is 1. The van der Waals surface area contributed by atoms with Crippen molar-refractivity contribution in [3.05, 3.63) is 53.6 Å². The Morgan fingerprint density at radius 2 is 1.79 bits per heavy atom. The largest absolute Gasteiger partial charge is 0.507 e. The maximum absolute atomic E-state index is 12.7. The first-order chi connectivity index (χ1) is 11.3. The number of ether oxygens (including phenoxy) is 1. The number of benzene rings is 2. The fraction of sp³-hybridized carbons (Fsp3) is 0.235. The van der Waals surface area contributed by atoms with Crippen molar-refractivity contribution in [3.63, 3.8) is 0 Å². The van der Waals surface area contributed by atoms with E-state index in [1.54, 1.807) is 19.1 Å². The van der Waals surface area contributed by atoms with E-state index in [1.165, 1.54) is 18.2 Å². The molecule has 2 rings (SSSR count). The molecular formula is C17H18O6S. The number of aryl methyl sites for hydroxylation is 1. The van der Waals surface area contributed by atoms with Gasteiger partial charge in [-0.05, 0) is 37.6 Å². The topological polar surface area (TPSA) is 101 Å². The molecule has 7 heteroatoms. The van der Waals surface area contributed by atoms with Gasteiger partial charge in [0.05, 0.1) is 4.90 Å². The summed E-state index contributed by atoms with van der Waals surface area (Å²) in [5.74, 6) is -1.68. The molecule has 2 aromatic rings. The molecule has 0 aliphatic rings. The minimum absolute atomic E-state index is 0.0834. The number of aromatic hydroxyl groups is 1. The van der Waals surface area contributed by atoms with E-state index < -0.39 is 27.0 Å². The Balaban J connectivity index is 2.30. The molecule has 0 aliphatic carbocycles. The summed E-state index contributed by atoms with van der Waals surface area (Å²) in [7, 11) is -3.73. The van der Waals surface area contributed by atoms with Crippen LogP contribution in [0, 0.1) is 6.92 Å². The summed E-state index contributed by atoms with van der Waals surface area (Å²) >= 11 is 0. The van der Waals surface area contributed by atoms with Gasteiger partial charge < -0.3 is 14.9 Å². The molecule has 6 nitrogen and oxygen atoms in total. The highest BCUT2D eigenvalue weighted by Gasteiger charge is 2.28. The third-order valence-corrected chi connectivity index (χ3v) is 5.55. The number of aromatic carboxylic acids is 1. The smallest absolute Gasteiger partial charge is 0.339 e. The molecule has 0 saturated heterocycles. The van der Waals surface area contributed by atoms with Gasteiger partial charge >= 0.3 is 5.97 Å². The average molecular weight is 350 g/mol. The third kappa shape index (κ3) is 3.68. The number of sulfone groups is 1. The van der Waals surface area contributed by atoms with E-state index in [1.807, 2.05) is 6.92 Å². The van der Waals surface area contributed by atoms with Gasteiger partial charge in [-0.3, -0.25) is 0 Å². The van der Waals surface area contributed by atoms with Crippen molar-refractivity contribution in [1.29, 1.82) is 0 Å². The standard InChI is InChI=1S/C17H18O6S/c1-3-16(24(21,22)13-7-4-11(2)5-8-13)23-12-6-9-14(17(19)20)15(18)10-12/h4-10,16,18H,3H2,1-2H3,(H,19,20). The number of hydrogen-bond donors (Lipinski definition) is 2. The van der Waals surface area contributed by atoms with Crippen molar-refractivity contribution >= 4 is 15.8 Å². The van der Waals surface area contributed by atoms with Crippen LogP contribution < -0.4 is 4.74 Å². The minimum atomic E-state index is -3.73.